The van der Waals surface area contributed by atoms with Crippen LogP contribution in [-0.2, 0) is 10.0 Å². The van der Waals surface area contributed by atoms with Gasteiger partial charge in [-0.3, -0.25) is 9.52 Å². The predicted octanol–water partition coefficient (Wildman–Crippen LogP) is 4.58. The summed E-state index contributed by atoms with van der Waals surface area (Å²) in [4.78, 5) is 12.2. The Morgan fingerprint density at radius 2 is 1.69 bits per heavy atom. The molecule has 1 aromatic heterocycles. The van der Waals surface area contributed by atoms with Crippen molar-refractivity contribution in [3.8, 4) is 11.5 Å². The Morgan fingerprint density at radius 1 is 1.00 bits per heavy atom. The van der Waals surface area contributed by atoms with Crippen molar-refractivity contribution in [1.82, 2.24) is 0 Å². The molecule has 0 saturated heterocycles. The van der Waals surface area contributed by atoms with Gasteiger partial charge in [0.2, 0.25) is 0 Å². The molecule has 0 spiro atoms. The molecular formula is C19H17BrN2O5S2. The van der Waals surface area contributed by atoms with Gasteiger partial charge in [-0.15, -0.1) is 0 Å². The zero-order valence-electron chi connectivity index (χ0n) is 15.4. The van der Waals surface area contributed by atoms with Crippen molar-refractivity contribution >= 4 is 54.6 Å². The molecule has 0 saturated carbocycles. The van der Waals surface area contributed by atoms with Crippen LogP contribution in [0.4, 0.5) is 11.4 Å². The minimum Gasteiger partial charge on any atom is -0.496 e. The van der Waals surface area contributed by atoms with E-state index in [0.29, 0.717) is 27.2 Å². The van der Waals surface area contributed by atoms with E-state index in [-0.39, 0.29) is 16.6 Å². The van der Waals surface area contributed by atoms with E-state index in [0.717, 1.165) is 0 Å². The van der Waals surface area contributed by atoms with E-state index >= 15 is 0 Å². The summed E-state index contributed by atoms with van der Waals surface area (Å²) in [7, 11) is -1.09. The zero-order chi connectivity index (χ0) is 21.0. The van der Waals surface area contributed by atoms with Gasteiger partial charge >= 0.3 is 0 Å². The molecule has 7 nitrogen and oxygen atoms in total. The minimum atomic E-state index is -3.99. The van der Waals surface area contributed by atoms with E-state index in [1.807, 2.05) is 0 Å². The van der Waals surface area contributed by atoms with Crippen molar-refractivity contribution in [2.24, 2.45) is 0 Å². The molecule has 2 N–H and O–H groups in total. The summed E-state index contributed by atoms with van der Waals surface area (Å²) in [5, 5.41) is 6.19. The lowest BCUT2D eigenvalue weighted by atomic mass is 10.2. The molecule has 0 radical (unpaired) electrons. The number of thiophene rings is 1. The fourth-order valence-corrected chi connectivity index (χ4v) is 4.92. The maximum atomic E-state index is 13.0. The normalized spacial score (nSPS) is 11.0. The van der Waals surface area contributed by atoms with Gasteiger partial charge in [0, 0.05) is 11.1 Å². The molecular weight excluding hydrogens is 480 g/mol. The van der Waals surface area contributed by atoms with Crippen molar-refractivity contribution in [2.45, 2.75) is 4.90 Å². The number of hydrogen-bond acceptors (Lipinski definition) is 6. The number of nitrogens with one attached hydrogen (secondary N) is 2. The average molecular weight is 497 g/mol. The minimum absolute atomic E-state index is 0.102. The van der Waals surface area contributed by atoms with Crippen molar-refractivity contribution in [3.63, 3.8) is 0 Å². The molecule has 152 valence electrons. The van der Waals surface area contributed by atoms with Gasteiger partial charge in [0.15, 0.2) is 0 Å². The Morgan fingerprint density at radius 3 is 2.31 bits per heavy atom. The molecule has 0 aliphatic rings. The fourth-order valence-electron chi connectivity index (χ4n) is 2.50. The first kappa shape index (κ1) is 21.2. The van der Waals surface area contributed by atoms with Crippen LogP contribution in [-0.4, -0.2) is 28.5 Å². The summed E-state index contributed by atoms with van der Waals surface area (Å²) in [5.41, 5.74) is 1.17. The Hall–Kier alpha value is -2.56. The van der Waals surface area contributed by atoms with Crippen LogP contribution in [0.1, 0.15) is 10.4 Å². The Bertz CT molecular complexity index is 1130. The molecule has 1 amide bonds. The van der Waals surface area contributed by atoms with E-state index < -0.39 is 10.0 Å². The summed E-state index contributed by atoms with van der Waals surface area (Å²) in [5.74, 6) is 0.397. The number of carbonyl (C=O) groups excluding carboxylic acids is 1. The van der Waals surface area contributed by atoms with Gasteiger partial charge in [-0.05, 0) is 63.8 Å². The summed E-state index contributed by atoms with van der Waals surface area (Å²) in [6, 6.07) is 10.9. The van der Waals surface area contributed by atoms with Crippen LogP contribution in [0.5, 0.6) is 11.5 Å². The molecule has 3 rings (SSSR count). The topological polar surface area (TPSA) is 93.7 Å². The van der Waals surface area contributed by atoms with Crippen molar-refractivity contribution in [2.75, 3.05) is 24.3 Å². The van der Waals surface area contributed by atoms with Gasteiger partial charge in [-0.2, -0.15) is 11.3 Å². The summed E-state index contributed by atoms with van der Waals surface area (Å²) < 4.78 is 39.4. The maximum absolute atomic E-state index is 13.0. The highest BCUT2D eigenvalue weighted by molar-refractivity contribution is 9.10. The van der Waals surface area contributed by atoms with Crippen LogP contribution >= 0.6 is 27.3 Å². The van der Waals surface area contributed by atoms with Crippen LogP contribution in [0.25, 0.3) is 0 Å². The summed E-state index contributed by atoms with van der Waals surface area (Å²) >= 11 is 4.72. The quantitative estimate of drug-likeness (QED) is 0.499. The lowest BCUT2D eigenvalue weighted by molar-refractivity contribution is 0.102. The second-order valence-corrected chi connectivity index (χ2v) is 9.07. The number of carbonyl (C=O) groups is 1. The highest BCUT2D eigenvalue weighted by Gasteiger charge is 2.21. The largest absolute Gasteiger partial charge is 0.496 e. The predicted molar refractivity (Wildman–Crippen MR) is 117 cm³/mol. The highest BCUT2D eigenvalue weighted by Crippen LogP contribution is 2.32. The maximum Gasteiger partial charge on any atom is 0.265 e. The third kappa shape index (κ3) is 4.89. The number of rotatable bonds is 7. The fraction of sp³-hybridized carbons (Fsp3) is 0.105. The Labute approximate surface area is 180 Å². The third-order valence-electron chi connectivity index (χ3n) is 3.90. The van der Waals surface area contributed by atoms with Gasteiger partial charge in [-0.25, -0.2) is 8.42 Å². The number of amides is 1. The van der Waals surface area contributed by atoms with Crippen LogP contribution in [0, 0.1) is 0 Å². The highest BCUT2D eigenvalue weighted by atomic mass is 79.9. The molecule has 2 aromatic carbocycles. The molecule has 1 heterocycles. The molecule has 0 aliphatic heterocycles. The first-order valence-corrected chi connectivity index (χ1v) is 11.4. The van der Waals surface area contributed by atoms with E-state index in [4.69, 9.17) is 9.47 Å². The van der Waals surface area contributed by atoms with Gasteiger partial charge in [0.05, 0.1) is 29.9 Å². The van der Waals surface area contributed by atoms with Gasteiger partial charge in [0.1, 0.15) is 16.4 Å². The number of halogens is 1. The second-order valence-electron chi connectivity index (χ2n) is 5.79. The van der Waals surface area contributed by atoms with Crippen molar-refractivity contribution in [1.29, 1.82) is 0 Å². The lowest BCUT2D eigenvalue weighted by Gasteiger charge is -2.14. The Balaban J connectivity index is 1.90. The van der Waals surface area contributed by atoms with Crippen molar-refractivity contribution in [3.05, 3.63) is 63.3 Å². The first-order valence-electron chi connectivity index (χ1n) is 8.22. The molecule has 0 aliphatic carbocycles. The molecule has 0 bridgehead atoms. The number of ether oxygens (including phenoxy) is 2. The summed E-state index contributed by atoms with van der Waals surface area (Å²) in [6.07, 6.45) is 0. The van der Waals surface area contributed by atoms with Crippen LogP contribution in [0.2, 0.25) is 0 Å². The smallest absolute Gasteiger partial charge is 0.265 e. The number of methoxy groups -OCH3 is 2. The van der Waals surface area contributed by atoms with Gasteiger partial charge < -0.3 is 14.8 Å². The van der Waals surface area contributed by atoms with E-state index in [9.17, 15) is 13.2 Å². The zero-order valence-corrected chi connectivity index (χ0v) is 18.7. The molecule has 29 heavy (non-hydrogen) atoms. The standard InChI is InChI=1S/C19H17BrN2O5S2/c1-26-16-5-4-14(9-15(16)20)22-29(24,25)18-10-13(3-6-17(18)27-2)21-19(23)12-7-8-28-11-12/h3-11,22H,1-2H3,(H,21,23). The molecule has 10 heteroatoms. The molecule has 3 aromatic rings. The van der Waals surface area contributed by atoms with E-state index in [1.54, 1.807) is 41.1 Å². The second kappa shape index (κ2) is 8.85. The van der Waals surface area contributed by atoms with E-state index in [1.165, 1.54) is 37.7 Å². The van der Waals surface area contributed by atoms with Crippen molar-refractivity contribution < 1.29 is 22.7 Å². The van der Waals surface area contributed by atoms with Gasteiger partial charge in [-0.1, -0.05) is 0 Å². The summed E-state index contributed by atoms with van der Waals surface area (Å²) in [6.45, 7) is 0. The Kier molecular flexibility index (Phi) is 6.46. The molecule has 0 atom stereocenters. The average Bonchev–Trinajstić information content (AvgIpc) is 3.23. The number of sulfonamides is 1. The van der Waals surface area contributed by atoms with Crippen LogP contribution < -0.4 is 19.5 Å². The monoisotopic (exact) mass is 496 g/mol. The SMILES string of the molecule is COc1ccc(NS(=O)(=O)c2cc(NC(=O)c3ccsc3)ccc2OC)cc1Br. The number of hydrogen-bond donors (Lipinski definition) is 2. The van der Waals surface area contributed by atoms with E-state index in [2.05, 4.69) is 26.0 Å². The van der Waals surface area contributed by atoms with Crippen LogP contribution in [0.15, 0.2) is 62.6 Å². The van der Waals surface area contributed by atoms with Crippen LogP contribution in [0.3, 0.4) is 0 Å². The lowest BCUT2D eigenvalue weighted by Crippen LogP contribution is -2.16. The molecule has 0 fully saturated rings. The first-order chi connectivity index (χ1) is 13.8. The third-order valence-corrected chi connectivity index (χ3v) is 6.60. The molecule has 0 unspecified atom stereocenters. The number of benzene rings is 2. The number of anilines is 2. The van der Waals surface area contributed by atoms with Gasteiger partial charge in [0.25, 0.3) is 15.9 Å².